The van der Waals surface area contributed by atoms with Gasteiger partial charge in [0.15, 0.2) is 0 Å². The minimum absolute atomic E-state index is 0.142. The number of amides is 4. The van der Waals surface area contributed by atoms with Gasteiger partial charge in [0, 0.05) is 23.6 Å². The van der Waals surface area contributed by atoms with Crippen molar-refractivity contribution in [3.05, 3.63) is 64.7 Å². The number of nitrogens with zero attached hydrogens (tertiary/aromatic N) is 1. The molecular formula is C20H20ClN3O3. The van der Waals surface area contributed by atoms with Crippen molar-refractivity contribution < 1.29 is 14.4 Å². The molecule has 0 unspecified atom stereocenters. The molecule has 0 aromatic heterocycles. The molecule has 1 fully saturated rings. The topological polar surface area (TPSA) is 78.5 Å². The van der Waals surface area contributed by atoms with Crippen LogP contribution in [0.2, 0.25) is 5.02 Å². The van der Waals surface area contributed by atoms with Gasteiger partial charge in [-0.15, -0.1) is 0 Å². The van der Waals surface area contributed by atoms with Crippen LogP contribution in [0.1, 0.15) is 36.9 Å². The number of rotatable bonds is 5. The van der Waals surface area contributed by atoms with Crippen LogP contribution in [-0.2, 0) is 16.1 Å². The minimum Gasteiger partial charge on any atom is -0.331 e. The molecule has 4 amide bonds. The number of benzene rings is 2. The molecule has 0 radical (unpaired) electrons. The number of anilines is 1. The number of hydrogen-bond donors (Lipinski definition) is 2. The largest absolute Gasteiger partial charge is 0.331 e. The van der Waals surface area contributed by atoms with Crippen LogP contribution in [0.3, 0.4) is 0 Å². The highest BCUT2D eigenvalue weighted by Gasteiger charge is 2.28. The maximum atomic E-state index is 12.2. The molecule has 1 atom stereocenters. The Hall–Kier alpha value is -2.86. The van der Waals surface area contributed by atoms with Crippen LogP contribution >= 0.6 is 11.6 Å². The normalized spacial score (nSPS) is 15.0. The van der Waals surface area contributed by atoms with Gasteiger partial charge in [-0.3, -0.25) is 14.5 Å². The highest BCUT2D eigenvalue weighted by Crippen LogP contribution is 2.19. The summed E-state index contributed by atoms with van der Waals surface area (Å²) in [5.41, 5.74) is 2.36. The predicted octanol–water partition coefficient (Wildman–Crippen LogP) is 3.87. The summed E-state index contributed by atoms with van der Waals surface area (Å²) in [4.78, 5) is 36.8. The SMILES string of the molecule is C[C@H](NC(=O)Nc1ccc(CN2C(=O)CCC2=O)cc1)c1cccc(Cl)c1. The molecular weight excluding hydrogens is 366 g/mol. The Kier molecular flexibility index (Phi) is 5.76. The lowest BCUT2D eigenvalue weighted by molar-refractivity contribution is -0.139. The van der Waals surface area contributed by atoms with Gasteiger partial charge in [-0.2, -0.15) is 0 Å². The summed E-state index contributed by atoms with van der Waals surface area (Å²) >= 11 is 5.98. The molecule has 1 aliphatic heterocycles. The van der Waals surface area contributed by atoms with Crippen LogP contribution in [0, 0.1) is 0 Å². The summed E-state index contributed by atoms with van der Waals surface area (Å²) < 4.78 is 0. The number of halogens is 1. The van der Waals surface area contributed by atoms with E-state index >= 15 is 0 Å². The van der Waals surface area contributed by atoms with E-state index in [4.69, 9.17) is 11.6 Å². The van der Waals surface area contributed by atoms with Crippen LogP contribution < -0.4 is 10.6 Å². The van der Waals surface area contributed by atoms with E-state index < -0.39 is 0 Å². The Morgan fingerprint density at radius 3 is 2.41 bits per heavy atom. The summed E-state index contributed by atoms with van der Waals surface area (Å²) in [7, 11) is 0. The number of urea groups is 1. The van der Waals surface area contributed by atoms with E-state index in [1.807, 2.05) is 25.1 Å². The van der Waals surface area contributed by atoms with Crippen molar-refractivity contribution in [3.8, 4) is 0 Å². The highest BCUT2D eigenvalue weighted by molar-refractivity contribution is 6.30. The van der Waals surface area contributed by atoms with Gasteiger partial charge in [0.05, 0.1) is 12.6 Å². The third kappa shape index (κ3) is 4.86. The van der Waals surface area contributed by atoms with Gasteiger partial charge >= 0.3 is 6.03 Å². The van der Waals surface area contributed by atoms with Crippen molar-refractivity contribution >= 4 is 35.1 Å². The van der Waals surface area contributed by atoms with E-state index in [2.05, 4.69) is 10.6 Å². The van der Waals surface area contributed by atoms with Gasteiger partial charge in [0.2, 0.25) is 11.8 Å². The minimum atomic E-state index is -0.333. The lowest BCUT2D eigenvalue weighted by Crippen LogP contribution is -2.31. The molecule has 0 bridgehead atoms. The Balaban J connectivity index is 1.55. The first-order valence-corrected chi connectivity index (χ1v) is 9.05. The van der Waals surface area contributed by atoms with E-state index in [-0.39, 0.29) is 43.3 Å². The van der Waals surface area contributed by atoms with Crippen LogP contribution in [0.15, 0.2) is 48.5 Å². The molecule has 2 aromatic rings. The monoisotopic (exact) mass is 385 g/mol. The maximum absolute atomic E-state index is 12.2. The molecule has 1 saturated heterocycles. The Labute approximate surface area is 162 Å². The number of carbonyl (C=O) groups excluding carboxylic acids is 3. The zero-order valence-corrected chi connectivity index (χ0v) is 15.6. The van der Waals surface area contributed by atoms with Crippen molar-refractivity contribution in [1.82, 2.24) is 10.2 Å². The summed E-state index contributed by atoms with van der Waals surface area (Å²) in [5, 5.41) is 6.23. The Bertz CT molecular complexity index is 851. The first kappa shape index (κ1) is 18.9. The van der Waals surface area contributed by atoms with E-state index in [9.17, 15) is 14.4 Å². The lowest BCUT2D eigenvalue weighted by atomic mass is 10.1. The van der Waals surface area contributed by atoms with Crippen molar-refractivity contribution in [2.75, 3.05) is 5.32 Å². The van der Waals surface area contributed by atoms with E-state index in [1.54, 1.807) is 30.3 Å². The fourth-order valence-electron chi connectivity index (χ4n) is 2.90. The molecule has 27 heavy (non-hydrogen) atoms. The van der Waals surface area contributed by atoms with Crippen molar-refractivity contribution in [1.29, 1.82) is 0 Å². The molecule has 1 aliphatic rings. The summed E-state index contributed by atoms with van der Waals surface area (Å²) in [5.74, 6) is -0.284. The van der Waals surface area contributed by atoms with Gasteiger partial charge in [-0.1, -0.05) is 35.9 Å². The fourth-order valence-corrected chi connectivity index (χ4v) is 3.10. The second-order valence-electron chi connectivity index (χ2n) is 6.45. The summed E-state index contributed by atoms with van der Waals surface area (Å²) in [6, 6.07) is 13.8. The zero-order chi connectivity index (χ0) is 19.4. The summed E-state index contributed by atoms with van der Waals surface area (Å²) in [6.45, 7) is 2.13. The summed E-state index contributed by atoms with van der Waals surface area (Å²) in [6.07, 6.45) is 0.562. The molecule has 0 saturated carbocycles. The van der Waals surface area contributed by atoms with Crippen LogP contribution in [-0.4, -0.2) is 22.7 Å². The number of likely N-dealkylation sites (tertiary alicyclic amines) is 1. The van der Waals surface area contributed by atoms with Crippen LogP contribution in [0.5, 0.6) is 0 Å². The van der Waals surface area contributed by atoms with E-state index in [0.717, 1.165) is 11.1 Å². The molecule has 6 nitrogen and oxygen atoms in total. The van der Waals surface area contributed by atoms with Crippen molar-refractivity contribution in [3.63, 3.8) is 0 Å². The van der Waals surface area contributed by atoms with Gasteiger partial charge in [0.25, 0.3) is 0 Å². The molecule has 0 aliphatic carbocycles. The highest BCUT2D eigenvalue weighted by atomic mass is 35.5. The smallest absolute Gasteiger partial charge is 0.319 e. The van der Waals surface area contributed by atoms with Crippen LogP contribution in [0.4, 0.5) is 10.5 Å². The quantitative estimate of drug-likeness (QED) is 0.767. The average molecular weight is 386 g/mol. The number of hydrogen-bond acceptors (Lipinski definition) is 3. The molecule has 2 aromatic carbocycles. The molecule has 0 spiro atoms. The first-order valence-electron chi connectivity index (χ1n) is 8.67. The third-order valence-electron chi connectivity index (χ3n) is 4.40. The fraction of sp³-hybridized carbons (Fsp3) is 0.250. The number of imide groups is 1. The standard InChI is InChI=1S/C20H20ClN3O3/c1-13(15-3-2-4-16(21)11-15)22-20(27)23-17-7-5-14(6-8-17)12-24-18(25)9-10-19(24)26/h2-8,11,13H,9-10,12H2,1H3,(H2,22,23,27)/t13-/m0/s1. The van der Waals surface area contributed by atoms with Gasteiger partial charge in [-0.05, 0) is 42.3 Å². The van der Waals surface area contributed by atoms with Gasteiger partial charge < -0.3 is 10.6 Å². The molecule has 2 N–H and O–H groups in total. The molecule has 140 valence electrons. The van der Waals surface area contributed by atoms with Gasteiger partial charge in [-0.25, -0.2) is 4.79 Å². The maximum Gasteiger partial charge on any atom is 0.319 e. The van der Waals surface area contributed by atoms with Crippen molar-refractivity contribution in [2.45, 2.75) is 32.4 Å². The molecule has 1 heterocycles. The predicted molar refractivity (Wildman–Crippen MR) is 103 cm³/mol. The molecule has 7 heteroatoms. The first-order chi connectivity index (χ1) is 12.9. The lowest BCUT2D eigenvalue weighted by Gasteiger charge is -2.16. The second kappa shape index (κ2) is 8.22. The van der Waals surface area contributed by atoms with E-state index in [0.29, 0.717) is 10.7 Å². The zero-order valence-electron chi connectivity index (χ0n) is 14.9. The van der Waals surface area contributed by atoms with Crippen molar-refractivity contribution in [2.24, 2.45) is 0 Å². The van der Waals surface area contributed by atoms with E-state index in [1.165, 1.54) is 4.90 Å². The van der Waals surface area contributed by atoms with Crippen LogP contribution in [0.25, 0.3) is 0 Å². The van der Waals surface area contributed by atoms with Gasteiger partial charge in [0.1, 0.15) is 0 Å². The number of carbonyl (C=O) groups is 3. The Morgan fingerprint density at radius 2 is 1.78 bits per heavy atom. The molecule has 3 rings (SSSR count). The third-order valence-corrected chi connectivity index (χ3v) is 4.64. The Morgan fingerprint density at radius 1 is 1.11 bits per heavy atom. The average Bonchev–Trinajstić information content (AvgIpc) is 2.95. The number of nitrogens with one attached hydrogen (secondary N) is 2. The second-order valence-corrected chi connectivity index (χ2v) is 6.88.